The maximum Gasteiger partial charge on any atom is 0.339 e. The maximum absolute atomic E-state index is 11.0. The minimum Gasteiger partial charge on any atom is -0.507 e. The molecule has 0 amide bonds. The quantitative estimate of drug-likeness (QED) is 0.722. The molecule has 0 bridgehead atoms. The molecule has 6 heteroatoms. The van der Waals surface area contributed by atoms with Gasteiger partial charge in [0, 0.05) is 38.4 Å². The Balaban J connectivity index is 2.07. The van der Waals surface area contributed by atoms with E-state index in [2.05, 4.69) is 9.80 Å². The molecule has 6 nitrogen and oxygen atoms in total. The highest BCUT2D eigenvalue weighted by Gasteiger charge is 2.18. The van der Waals surface area contributed by atoms with E-state index in [0.29, 0.717) is 6.54 Å². The van der Waals surface area contributed by atoms with Gasteiger partial charge in [0.15, 0.2) is 0 Å². The van der Waals surface area contributed by atoms with Crippen molar-refractivity contribution in [3.05, 3.63) is 23.8 Å². The number of carboxylic acids is 1. The lowest BCUT2D eigenvalue weighted by Gasteiger charge is -2.35. The van der Waals surface area contributed by atoms with Crippen LogP contribution in [0.3, 0.4) is 0 Å². The Kier molecular flexibility index (Phi) is 4.24. The van der Waals surface area contributed by atoms with E-state index in [9.17, 15) is 9.90 Å². The molecule has 0 unspecified atom stereocenters. The molecule has 0 saturated carbocycles. The fourth-order valence-electron chi connectivity index (χ4n) is 2.26. The van der Waals surface area contributed by atoms with Crippen LogP contribution in [0.15, 0.2) is 18.2 Å². The van der Waals surface area contributed by atoms with Gasteiger partial charge in [-0.3, -0.25) is 4.90 Å². The number of rotatable bonds is 4. The number of β-amino-alcohol motifs (C(OH)–C–C–N with tert-alkyl or cyclic N) is 1. The Morgan fingerprint density at radius 2 is 1.89 bits per heavy atom. The molecule has 1 heterocycles. The Morgan fingerprint density at radius 3 is 2.47 bits per heavy atom. The van der Waals surface area contributed by atoms with Gasteiger partial charge in [0.2, 0.25) is 0 Å². The average Bonchev–Trinajstić information content (AvgIpc) is 2.40. The van der Waals surface area contributed by atoms with Crippen LogP contribution in [-0.4, -0.2) is 65.5 Å². The van der Waals surface area contributed by atoms with Gasteiger partial charge in [0.25, 0.3) is 0 Å². The van der Waals surface area contributed by atoms with Gasteiger partial charge in [-0.1, -0.05) is 0 Å². The number of hydrogen-bond acceptors (Lipinski definition) is 5. The zero-order valence-corrected chi connectivity index (χ0v) is 10.6. The molecule has 1 aliphatic heterocycles. The number of nitrogens with zero attached hydrogens (tertiary/aromatic N) is 2. The summed E-state index contributed by atoms with van der Waals surface area (Å²) in [7, 11) is 0. The summed E-state index contributed by atoms with van der Waals surface area (Å²) in [4.78, 5) is 15.2. The molecular weight excluding hydrogens is 248 g/mol. The van der Waals surface area contributed by atoms with Crippen LogP contribution in [0.2, 0.25) is 0 Å². The van der Waals surface area contributed by atoms with Crippen molar-refractivity contribution in [3.8, 4) is 5.75 Å². The molecule has 2 rings (SSSR count). The van der Waals surface area contributed by atoms with Crippen molar-refractivity contribution < 1.29 is 20.1 Å². The van der Waals surface area contributed by atoms with Crippen molar-refractivity contribution in [1.82, 2.24) is 4.90 Å². The van der Waals surface area contributed by atoms with Gasteiger partial charge < -0.3 is 20.2 Å². The van der Waals surface area contributed by atoms with E-state index in [1.165, 1.54) is 12.1 Å². The van der Waals surface area contributed by atoms with E-state index < -0.39 is 5.97 Å². The van der Waals surface area contributed by atoms with Crippen LogP contribution in [0.4, 0.5) is 5.69 Å². The van der Waals surface area contributed by atoms with E-state index in [-0.39, 0.29) is 17.9 Å². The summed E-state index contributed by atoms with van der Waals surface area (Å²) >= 11 is 0. The first-order valence-corrected chi connectivity index (χ1v) is 6.26. The fraction of sp³-hybridized carbons (Fsp3) is 0.462. The van der Waals surface area contributed by atoms with E-state index >= 15 is 0 Å². The highest BCUT2D eigenvalue weighted by molar-refractivity contribution is 5.92. The van der Waals surface area contributed by atoms with Crippen LogP contribution in [0.1, 0.15) is 10.4 Å². The first-order chi connectivity index (χ1) is 9.11. The Hall–Kier alpha value is -1.79. The van der Waals surface area contributed by atoms with Gasteiger partial charge >= 0.3 is 5.97 Å². The number of benzene rings is 1. The molecule has 0 atom stereocenters. The SMILES string of the molecule is O=C(O)c1cc(N2CCN(CCO)CC2)ccc1O. The number of piperazine rings is 1. The topological polar surface area (TPSA) is 84.2 Å². The van der Waals surface area contributed by atoms with Crippen LogP contribution in [0.5, 0.6) is 5.75 Å². The van der Waals surface area contributed by atoms with Crippen molar-refractivity contribution >= 4 is 11.7 Å². The monoisotopic (exact) mass is 266 g/mol. The second kappa shape index (κ2) is 5.90. The van der Waals surface area contributed by atoms with Crippen LogP contribution in [0, 0.1) is 0 Å². The number of anilines is 1. The van der Waals surface area contributed by atoms with Crippen molar-refractivity contribution in [3.63, 3.8) is 0 Å². The second-order valence-electron chi connectivity index (χ2n) is 4.56. The number of carbonyl (C=O) groups is 1. The third-order valence-electron chi connectivity index (χ3n) is 3.36. The average molecular weight is 266 g/mol. The van der Waals surface area contributed by atoms with E-state index in [1.807, 2.05) is 0 Å². The van der Waals surface area contributed by atoms with Gasteiger partial charge in [0.1, 0.15) is 11.3 Å². The van der Waals surface area contributed by atoms with Crippen LogP contribution >= 0.6 is 0 Å². The highest BCUT2D eigenvalue weighted by Crippen LogP contribution is 2.24. The molecule has 1 aliphatic rings. The first-order valence-electron chi connectivity index (χ1n) is 6.26. The lowest BCUT2D eigenvalue weighted by Crippen LogP contribution is -2.47. The molecule has 3 N–H and O–H groups in total. The lowest BCUT2D eigenvalue weighted by molar-refractivity contribution is 0.0693. The molecule has 1 saturated heterocycles. The van der Waals surface area contributed by atoms with Gasteiger partial charge in [-0.15, -0.1) is 0 Å². The van der Waals surface area contributed by atoms with Crippen molar-refractivity contribution in [2.24, 2.45) is 0 Å². The third kappa shape index (κ3) is 3.15. The van der Waals surface area contributed by atoms with Crippen LogP contribution in [0.25, 0.3) is 0 Å². The highest BCUT2D eigenvalue weighted by atomic mass is 16.4. The standard InChI is InChI=1S/C13H18N2O4/c16-8-7-14-3-5-15(6-4-14)10-1-2-12(17)11(9-10)13(18)19/h1-2,9,16-17H,3-8H2,(H,18,19). The third-order valence-corrected chi connectivity index (χ3v) is 3.36. The van der Waals surface area contributed by atoms with E-state index in [0.717, 1.165) is 31.9 Å². The molecule has 0 radical (unpaired) electrons. The summed E-state index contributed by atoms with van der Waals surface area (Å²) in [6.07, 6.45) is 0. The fourth-order valence-corrected chi connectivity index (χ4v) is 2.26. The Labute approximate surface area is 111 Å². The molecular formula is C13H18N2O4. The predicted octanol–water partition coefficient (Wildman–Crippen LogP) is 0.205. The summed E-state index contributed by atoms with van der Waals surface area (Å²) in [5, 5.41) is 27.3. The number of aliphatic hydroxyl groups excluding tert-OH is 1. The predicted molar refractivity (Wildman–Crippen MR) is 70.8 cm³/mol. The second-order valence-corrected chi connectivity index (χ2v) is 4.56. The number of aromatic hydroxyl groups is 1. The molecule has 0 aliphatic carbocycles. The normalized spacial score (nSPS) is 16.6. The molecule has 1 aromatic carbocycles. The summed E-state index contributed by atoms with van der Waals surface area (Å²) in [6.45, 7) is 4.06. The van der Waals surface area contributed by atoms with Crippen molar-refractivity contribution in [2.75, 3.05) is 44.2 Å². The number of carboxylic acid groups (broad SMARTS) is 1. The number of aromatic carboxylic acids is 1. The summed E-state index contributed by atoms with van der Waals surface area (Å²) in [6, 6.07) is 4.64. The van der Waals surface area contributed by atoms with E-state index in [4.69, 9.17) is 10.2 Å². The number of aliphatic hydroxyl groups is 1. The van der Waals surface area contributed by atoms with Crippen molar-refractivity contribution in [2.45, 2.75) is 0 Å². The Morgan fingerprint density at radius 1 is 1.21 bits per heavy atom. The first kappa shape index (κ1) is 13.6. The molecule has 1 aromatic rings. The zero-order valence-electron chi connectivity index (χ0n) is 10.6. The van der Waals surface area contributed by atoms with Gasteiger partial charge in [0.05, 0.1) is 6.61 Å². The zero-order chi connectivity index (χ0) is 13.8. The van der Waals surface area contributed by atoms with Gasteiger partial charge in [-0.25, -0.2) is 4.79 Å². The molecule has 104 valence electrons. The molecule has 0 aromatic heterocycles. The van der Waals surface area contributed by atoms with Crippen LogP contribution in [-0.2, 0) is 0 Å². The number of hydrogen-bond donors (Lipinski definition) is 3. The Bertz CT molecular complexity index is 456. The molecule has 1 fully saturated rings. The lowest BCUT2D eigenvalue weighted by atomic mass is 10.1. The summed E-state index contributed by atoms with van der Waals surface area (Å²) in [5.74, 6) is -1.34. The van der Waals surface area contributed by atoms with Crippen LogP contribution < -0.4 is 4.90 Å². The largest absolute Gasteiger partial charge is 0.507 e. The minimum absolute atomic E-state index is 0.0738. The molecule has 0 spiro atoms. The van der Waals surface area contributed by atoms with Crippen molar-refractivity contribution in [1.29, 1.82) is 0 Å². The maximum atomic E-state index is 11.0. The smallest absolute Gasteiger partial charge is 0.339 e. The summed E-state index contributed by atoms with van der Waals surface area (Å²) in [5.41, 5.74) is 0.731. The minimum atomic E-state index is -1.13. The van der Waals surface area contributed by atoms with Gasteiger partial charge in [-0.05, 0) is 18.2 Å². The molecule has 19 heavy (non-hydrogen) atoms. The van der Waals surface area contributed by atoms with E-state index in [1.54, 1.807) is 6.07 Å². The summed E-state index contributed by atoms with van der Waals surface area (Å²) < 4.78 is 0. The van der Waals surface area contributed by atoms with Gasteiger partial charge in [-0.2, -0.15) is 0 Å². The number of phenols is 1.